The van der Waals surface area contributed by atoms with Gasteiger partial charge in [-0.2, -0.15) is 0 Å². The number of carbonyl (C=O) groups is 2. The van der Waals surface area contributed by atoms with Crippen molar-refractivity contribution in [3.63, 3.8) is 0 Å². The Kier molecular flexibility index (Phi) is 1.68. The summed E-state index contributed by atoms with van der Waals surface area (Å²) in [6.07, 6.45) is 1.54. The van der Waals surface area contributed by atoms with Gasteiger partial charge in [-0.15, -0.1) is 0 Å². The fourth-order valence-electron chi connectivity index (χ4n) is 1.61. The molecule has 0 radical (unpaired) electrons. The van der Waals surface area contributed by atoms with E-state index in [0.717, 1.165) is 0 Å². The molecule has 1 saturated heterocycles. The molecule has 2 N–H and O–H groups in total. The second-order valence-corrected chi connectivity index (χ2v) is 3.10. The van der Waals surface area contributed by atoms with Crippen LogP contribution in [0.3, 0.4) is 0 Å². The molecule has 6 nitrogen and oxygen atoms in total. The van der Waals surface area contributed by atoms with Gasteiger partial charge >= 0.3 is 5.97 Å². The maximum atomic E-state index is 11.0. The molecule has 2 rings (SSSR count). The van der Waals surface area contributed by atoms with E-state index in [1.165, 1.54) is 0 Å². The molecule has 1 fully saturated rings. The zero-order valence-electron chi connectivity index (χ0n) is 6.80. The molecule has 0 spiro atoms. The largest absolute Gasteiger partial charge is 0.480 e. The predicted octanol–water partition coefficient (Wildman–Crippen LogP) is -1.72. The van der Waals surface area contributed by atoms with Crippen molar-refractivity contribution < 1.29 is 14.7 Å². The van der Waals surface area contributed by atoms with Crippen LogP contribution in [0.4, 0.5) is 0 Å². The molecule has 2 atom stereocenters. The van der Waals surface area contributed by atoms with E-state index < -0.39 is 12.0 Å². The van der Waals surface area contributed by atoms with Crippen molar-refractivity contribution in [3.05, 3.63) is 0 Å². The average molecular weight is 183 g/mol. The lowest BCUT2D eigenvalue weighted by Gasteiger charge is -2.33. The second kappa shape index (κ2) is 2.72. The predicted molar refractivity (Wildman–Crippen MR) is 43.4 cm³/mol. The molecule has 2 aliphatic heterocycles. The highest BCUT2D eigenvalue weighted by molar-refractivity contribution is 5.89. The third-order valence-electron chi connectivity index (χ3n) is 2.24. The molecule has 2 unspecified atom stereocenters. The molecule has 6 heteroatoms. The lowest BCUT2D eigenvalue weighted by molar-refractivity contribution is -0.145. The first-order valence-electron chi connectivity index (χ1n) is 3.96. The summed E-state index contributed by atoms with van der Waals surface area (Å²) in [5, 5.41) is 11.2. The minimum Gasteiger partial charge on any atom is -0.480 e. The Bertz CT molecular complexity index is 289. The van der Waals surface area contributed by atoms with E-state index in [-0.39, 0.29) is 18.5 Å². The van der Waals surface area contributed by atoms with Gasteiger partial charge in [0.25, 0.3) is 0 Å². The number of aliphatic carboxylic acids is 1. The molecule has 1 amide bonds. The second-order valence-electron chi connectivity index (χ2n) is 3.10. The first-order chi connectivity index (χ1) is 6.18. The van der Waals surface area contributed by atoms with Crippen molar-refractivity contribution in [2.24, 2.45) is 4.99 Å². The standard InChI is InChI=1S/C7H9N3O3/c11-5-2-10-3-8-1-4(10)6(9-5)7(12)13/h3-4,6H,1-2H2,(H,9,11)(H,12,13). The summed E-state index contributed by atoms with van der Waals surface area (Å²) in [5.74, 6) is -1.27. The summed E-state index contributed by atoms with van der Waals surface area (Å²) in [6, 6.07) is -1.04. The lowest BCUT2D eigenvalue weighted by Crippen LogP contribution is -2.62. The summed E-state index contributed by atoms with van der Waals surface area (Å²) >= 11 is 0. The van der Waals surface area contributed by atoms with Crippen LogP contribution in [0, 0.1) is 0 Å². The molecule has 0 aliphatic carbocycles. The molecule has 13 heavy (non-hydrogen) atoms. The number of fused-ring (bicyclic) bond motifs is 1. The number of aliphatic imine (C=N–C) groups is 1. The van der Waals surface area contributed by atoms with Gasteiger partial charge in [-0.05, 0) is 0 Å². The molecule has 2 heterocycles. The number of carboxylic acids is 1. The van der Waals surface area contributed by atoms with Gasteiger partial charge in [-0.1, -0.05) is 0 Å². The summed E-state index contributed by atoms with van der Waals surface area (Å²) < 4.78 is 0. The summed E-state index contributed by atoms with van der Waals surface area (Å²) in [6.45, 7) is 0.648. The Labute approximate surface area is 74.2 Å². The Morgan fingerprint density at radius 1 is 1.77 bits per heavy atom. The number of amides is 1. The van der Waals surface area contributed by atoms with Crippen molar-refractivity contribution in [2.45, 2.75) is 12.1 Å². The van der Waals surface area contributed by atoms with Crippen LogP contribution >= 0.6 is 0 Å². The van der Waals surface area contributed by atoms with Crippen LogP contribution in [-0.4, -0.2) is 53.4 Å². The summed E-state index contributed by atoms with van der Waals surface area (Å²) in [7, 11) is 0. The maximum absolute atomic E-state index is 11.0. The molecule has 2 aliphatic rings. The highest BCUT2D eigenvalue weighted by atomic mass is 16.4. The van der Waals surface area contributed by atoms with Gasteiger partial charge in [0.1, 0.15) is 6.04 Å². The molecular formula is C7H9N3O3. The fraction of sp³-hybridized carbons (Fsp3) is 0.571. The van der Waals surface area contributed by atoms with E-state index in [0.29, 0.717) is 6.54 Å². The number of nitrogens with one attached hydrogen (secondary N) is 1. The van der Waals surface area contributed by atoms with E-state index in [4.69, 9.17) is 5.11 Å². The van der Waals surface area contributed by atoms with Gasteiger partial charge in [-0.25, -0.2) is 4.79 Å². The van der Waals surface area contributed by atoms with Crippen LogP contribution in [0.15, 0.2) is 4.99 Å². The van der Waals surface area contributed by atoms with Crippen LogP contribution in [0.2, 0.25) is 0 Å². The number of hydrogen-bond acceptors (Lipinski definition) is 4. The average Bonchev–Trinajstić information content (AvgIpc) is 2.49. The Hall–Kier alpha value is -1.59. The first kappa shape index (κ1) is 8.03. The number of piperazine rings is 1. The van der Waals surface area contributed by atoms with Gasteiger partial charge < -0.3 is 15.3 Å². The van der Waals surface area contributed by atoms with Crippen molar-refractivity contribution in [2.75, 3.05) is 13.1 Å². The molecule has 0 aromatic heterocycles. The number of hydrogen-bond donors (Lipinski definition) is 2. The monoisotopic (exact) mass is 183 g/mol. The van der Waals surface area contributed by atoms with Crippen LogP contribution in [0.25, 0.3) is 0 Å². The van der Waals surface area contributed by atoms with Crippen LogP contribution < -0.4 is 5.32 Å². The maximum Gasteiger partial charge on any atom is 0.328 e. The number of carboxylic acid groups (broad SMARTS) is 1. The smallest absolute Gasteiger partial charge is 0.328 e. The summed E-state index contributed by atoms with van der Waals surface area (Å²) in [5.41, 5.74) is 0. The lowest BCUT2D eigenvalue weighted by atomic mass is 10.1. The zero-order chi connectivity index (χ0) is 9.42. The van der Waals surface area contributed by atoms with Gasteiger partial charge in [0, 0.05) is 0 Å². The van der Waals surface area contributed by atoms with Gasteiger partial charge in [0.05, 0.1) is 25.5 Å². The molecular weight excluding hydrogens is 174 g/mol. The van der Waals surface area contributed by atoms with Crippen molar-refractivity contribution in [1.29, 1.82) is 0 Å². The van der Waals surface area contributed by atoms with Crippen LogP contribution in [-0.2, 0) is 9.59 Å². The molecule has 0 saturated carbocycles. The van der Waals surface area contributed by atoms with Crippen LogP contribution in [0.1, 0.15) is 0 Å². The van der Waals surface area contributed by atoms with E-state index in [1.54, 1.807) is 11.2 Å². The van der Waals surface area contributed by atoms with Crippen molar-refractivity contribution >= 4 is 18.2 Å². The molecule has 0 bridgehead atoms. The normalized spacial score (nSPS) is 31.4. The highest BCUT2D eigenvalue weighted by Crippen LogP contribution is 2.13. The zero-order valence-corrected chi connectivity index (χ0v) is 6.80. The van der Waals surface area contributed by atoms with E-state index in [9.17, 15) is 9.59 Å². The SMILES string of the molecule is O=C1CN2C=NCC2C(C(=O)O)N1. The quantitative estimate of drug-likeness (QED) is 0.506. The Morgan fingerprint density at radius 3 is 3.23 bits per heavy atom. The van der Waals surface area contributed by atoms with Crippen LogP contribution in [0.5, 0.6) is 0 Å². The fourth-order valence-corrected chi connectivity index (χ4v) is 1.61. The van der Waals surface area contributed by atoms with Gasteiger partial charge in [0.2, 0.25) is 5.91 Å². The van der Waals surface area contributed by atoms with E-state index >= 15 is 0 Å². The Balaban J connectivity index is 2.19. The molecule has 0 aromatic carbocycles. The minimum atomic E-state index is -1.01. The summed E-state index contributed by atoms with van der Waals surface area (Å²) in [4.78, 5) is 27.4. The van der Waals surface area contributed by atoms with Crippen molar-refractivity contribution in [3.8, 4) is 0 Å². The third-order valence-corrected chi connectivity index (χ3v) is 2.24. The minimum absolute atomic E-state index is 0.206. The van der Waals surface area contributed by atoms with Gasteiger partial charge in [-0.3, -0.25) is 9.79 Å². The Morgan fingerprint density at radius 2 is 2.54 bits per heavy atom. The molecule has 0 aromatic rings. The van der Waals surface area contributed by atoms with E-state index in [2.05, 4.69) is 10.3 Å². The van der Waals surface area contributed by atoms with E-state index in [1.807, 2.05) is 0 Å². The number of nitrogens with zero attached hydrogens (tertiary/aromatic N) is 2. The number of rotatable bonds is 1. The molecule has 70 valence electrons. The topological polar surface area (TPSA) is 82.0 Å². The first-order valence-corrected chi connectivity index (χ1v) is 3.96. The van der Waals surface area contributed by atoms with Crippen molar-refractivity contribution in [1.82, 2.24) is 10.2 Å². The third kappa shape index (κ3) is 1.24. The highest BCUT2D eigenvalue weighted by Gasteiger charge is 2.39. The van der Waals surface area contributed by atoms with Gasteiger partial charge in [0.15, 0.2) is 0 Å². The number of carbonyl (C=O) groups excluding carboxylic acids is 1.